The third-order valence-electron chi connectivity index (χ3n) is 6.12. The molecule has 0 radical (unpaired) electrons. The van der Waals surface area contributed by atoms with Crippen LogP contribution in [0.3, 0.4) is 0 Å². The number of unbranched alkanes of at least 4 members (excludes halogenated alkanes) is 15. The second-order valence-corrected chi connectivity index (χ2v) is 10.5. The van der Waals surface area contributed by atoms with Crippen molar-refractivity contribution in [1.29, 1.82) is 0 Å². The van der Waals surface area contributed by atoms with Crippen LogP contribution in [0, 0.1) is 6.92 Å². The van der Waals surface area contributed by atoms with E-state index >= 15 is 0 Å². The van der Waals surface area contributed by atoms with Crippen molar-refractivity contribution in [2.45, 2.75) is 128 Å². The van der Waals surface area contributed by atoms with Gasteiger partial charge in [0.2, 0.25) is 0 Å². The molecule has 0 saturated heterocycles. The van der Waals surface area contributed by atoms with Crippen LogP contribution >= 0.6 is 0 Å². The van der Waals surface area contributed by atoms with Gasteiger partial charge in [0.05, 0.1) is 5.25 Å². The van der Waals surface area contributed by atoms with E-state index in [1.807, 2.05) is 19.1 Å². The monoisotopic (exact) mass is 460 g/mol. The van der Waals surface area contributed by atoms with E-state index in [1.165, 1.54) is 83.5 Å². The van der Waals surface area contributed by atoms with Gasteiger partial charge < -0.3 is 4.55 Å². The zero-order valence-electron chi connectivity index (χ0n) is 20.5. The average molecular weight is 461 g/mol. The minimum Gasteiger partial charge on any atom is -0.747 e. The van der Waals surface area contributed by atoms with Crippen LogP contribution in [0.1, 0.15) is 132 Å². The predicted octanol–water partition coefficient (Wildman–Crippen LogP) is 5.24. The molecule has 174 valence electrons. The van der Waals surface area contributed by atoms with E-state index in [0.29, 0.717) is 12.0 Å². The van der Waals surface area contributed by atoms with E-state index in [9.17, 15) is 13.0 Å². The average Bonchev–Trinajstić information content (AvgIpc) is 2.70. The smallest absolute Gasteiger partial charge is 0.747 e. The third kappa shape index (κ3) is 16.4. The molecule has 0 aliphatic carbocycles. The molecule has 1 aromatic rings. The minimum absolute atomic E-state index is 0. The predicted molar refractivity (Wildman–Crippen MR) is 128 cm³/mol. The van der Waals surface area contributed by atoms with Gasteiger partial charge in [-0.1, -0.05) is 139 Å². The summed E-state index contributed by atoms with van der Waals surface area (Å²) in [5.41, 5.74) is 1.71. The Balaban J connectivity index is 0.00000900. The van der Waals surface area contributed by atoms with Gasteiger partial charge in [-0.05, 0) is 18.9 Å². The standard InChI is InChI=1S/C26H46O3S.Na/c1-3-4-5-6-7-8-9-10-11-12-13-14-15-16-17-18-19-26(30(27,28)29)25-22-20-24(2)21-23-25;/h20-23,26H,3-19H2,1-2H3,(H,27,28,29);/q;+1/p-1. The van der Waals surface area contributed by atoms with Gasteiger partial charge in [-0.2, -0.15) is 0 Å². The van der Waals surface area contributed by atoms with Crippen LogP contribution in [-0.4, -0.2) is 13.0 Å². The van der Waals surface area contributed by atoms with Gasteiger partial charge in [0, 0.05) is 0 Å². The summed E-state index contributed by atoms with van der Waals surface area (Å²) < 4.78 is 35.0. The maximum Gasteiger partial charge on any atom is 1.00 e. The molecule has 0 spiro atoms. The van der Waals surface area contributed by atoms with E-state index in [4.69, 9.17) is 0 Å². The Morgan fingerprint density at radius 2 is 1.03 bits per heavy atom. The summed E-state index contributed by atoms with van der Waals surface area (Å²) in [6, 6.07) is 7.31. The third-order valence-corrected chi connectivity index (χ3v) is 7.32. The molecular weight excluding hydrogens is 415 g/mol. The number of hydrogen-bond donors (Lipinski definition) is 0. The van der Waals surface area contributed by atoms with E-state index in [2.05, 4.69) is 6.92 Å². The molecule has 0 bridgehead atoms. The van der Waals surface area contributed by atoms with Gasteiger partial charge in [-0.3, -0.25) is 0 Å². The van der Waals surface area contributed by atoms with Crippen molar-refractivity contribution in [2.75, 3.05) is 0 Å². The van der Waals surface area contributed by atoms with Crippen molar-refractivity contribution in [3.05, 3.63) is 35.4 Å². The zero-order valence-corrected chi connectivity index (χ0v) is 23.4. The molecule has 0 aliphatic heterocycles. The van der Waals surface area contributed by atoms with E-state index in [0.717, 1.165) is 24.8 Å². The SMILES string of the molecule is CCCCCCCCCCCCCCCCCCC(c1ccc(C)cc1)S(=O)(=O)[O-].[Na+]. The van der Waals surface area contributed by atoms with Crippen molar-refractivity contribution in [2.24, 2.45) is 0 Å². The van der Waals surface area contributed by atoms with Crippen LogP contribution in [0.4, 0.5) is 0 Å². The molecule has 1 aromatic carbocycles. The van der Waals surface area contributed by atoms with Crippen molar-refractivity contribution in [1.82, 2.24) is 0 Å². The summed E-state index contributed by atoms with van der Waals surface area (Å²) in [5, 5.41) is -0.898. The molecule has 0 aromatic heterocycles. The Hall–Kier alpha value is 0.130. The Kier molecular flexibility index (Phi) is 19.7. The molecule has 1 unspecified atom stereocenters. The van der Waals surface area contributed by atoms with Crippen molar-refractivity contribution >= 4 is 10.1 Å². The molecule has 0 aliphatic rings. The normalized spacial score (nSPS) is 12.5. The molecule has 0 amide bonds. The maximum atomic E-state index is 11.7. The fraction of sp³-hybridized carbons (Fsp3) is 0.769. The van der Waals surface area contributed by atoms with Gasteiger partial charge in [0.25, 0.3) is 0 Å². The Morgan fingerprint density at radius 3 is 1.39 bits per heavy atom. The molecule has 0 fully saturated rings. The van der Waals surface area contributed by atoms with Crippen LogP contribution in [0.25, 0.3) is 0 Å². The molecule has 3 nitrogen and oxygen atoms in total. The fourth-order valence-electron chi connectivity index (χ4n) is 4.14. The fourth-order valence-corrected chi connectivity index (χ4v) is 5.08. The molecule has 5 heteroatoms. The van der Waals surface area contributed by atoms with Gasteiger partial charge in [0.1, 0.15) is 10.1 Å². The quantitative estimate of drug-likeness (QED) is 0.161. The summed E-state index contributed by atoms with van der Waals surface area (Å²) in [6.45, 7) is 4.23. The van der Waals surface area contributed by atoms with Crippen molar-refractivity contribution in [3.63, 3.8) is 0 Å². The second kappa shape index (κ2) is 19.6. The molecule has 1 atom stereocenters. The number of hydrogen-bond acceptors (Lipinski definition) is 3. The maximum absolute atomic E-state index is 11.7. The largest absolute Gasteiger partial charge is 1.00 e. The van der Waals surface area contributed by atoms with Gasteiger partial charge in [-0.25, -0.2) is 8.42 Å². The van der Waals surface area contributed by atoms with Gasteiger partial charge in [-0.15, -0.1) is 0 Å². The Labute approximate surface area is 215 Å². The van der Waals surface area contributed by atoms with Gasteiger partial charge in [0.15, 0.2) is 0 Å². The number of rotatable bonds is 19. The van der Waals surface area contributed by atoms with Crippen molar-refractivity contribution < 1.29 is 42.5 Å². The minimum atomic E-state index is -4.30. The molecule has 1 rings (SSSR count). The Morgan fingerprint density at radius 1 is 0.677 bits per heavy atom. The Bertz CT molecular complexity index is 629. The summed E-state index contributed by atoms with van der Waals surface area (Å²) in [5.74, 6) is 0. The summed E-state index contributed by atoms with van der Waals surface area (Å²) in [4.78, 5) is 0. The molecule has 0 N–H and O–H groups in total. The van der Waals surface area contributed by atoms with E-state index in [-0.39, 0.29) is 29.6 Å². The van der Waals surface area contributed by atoms with Crippen LogP contribution in [-0.2, 0) is 10.1 Å². The molecule has 31 heavy (non-hydrogen) atoms. The molecular formula is C26H45NaO3S. The van der Waals surface area contributed by atoms with E-state index in [1.54, 1.807) is 12.1 Å². The summed E-state index contributed by atoms with van der Waals surface area (Å²) >= 11 is 0. The topological polar surface area (TPSA) is 57.2 Å². The summed E-state index contributed by atoms with van der Waals surface area (Å²) in [7, 11) is -4.30. The number of benzene rings is 1. The van der Waals surface area contributed by atoms with Crippen LogP contribution in [0.15, 0.2) is 24.3 Å². The first-order valence-corrected chi connectivity index (χ1v) is 13.9. The van der Waals surface area contributed by atoms with Crippen LogP contribution in [0.2, 0.25) is 0 Å². The molecule has 0 saturated carbocycles. The van der Waals surface area contributed by atoms with Gasteiger partial charge >= 0.3 is 29.6 Å². The number of aryl methyl sites for hydroxylation is 1. The summed E-state index contributed by atoms with van der Waals surface area (Å²) in [6.07, 6.45) is 21.1. The van der Waals surface area contributed by atoms with Crippen LogP contribution in [0.5, 0.6) is 0 Å². The first-order chi connectivity index (χ1) is 14.4. The first-order valence-electron chi connectivity index (χ1n) is 12.5. The first kappa shape index (κ1) is 31.1. The molecule has 0 heterocycles. The second-order valence-electron chi connectivity index (χ2n) is 8.98. The van der Waals surface area contributed by atoms with E-state index < -0.39 is 15.4 Å². The van der Waals surface area contributed by atoms with Crippen molar-refractivity contribution in [3.8, 4) is 0 Å². The zero-order chi connectivity index (χ0) is 22.1. The van der Waals surface area contributed by atoms with Crippen LogP contribution < -0.4 is 29.6 Å².